The van der Waals surface area contributed by atoms with Crippen LogP contribution < -0.4 is 4.74 Å². The van der Waals surface area contributed by atoms with Gasteiger partial charge in [-0.1, -0.05) is 0 Å². The summed E-state index contributed by atoms with van der Waals surface area (Å²) >= 11 is 0. The quantitative estimate of drug-likeness (QED) is 0.831. The Morgan fingerprint density at radius 1 is 1.33 bits per heavy atom. The van der Waals surface area contributed by atoms with Gasteiger partial charge in [0, 0.05) is 18.7 Å². The first-order valence-electron chi connectivity index (χ1n) is 8.89. The average molecular weight is 330 g/mol. The predicted octanol–water partition coefficient (Wildman–Crippen LogP) is 1.11. The summed E-state index contributed by atoms with van der Waals surface area (Å²) in [5.74, 6) is 2.07. The molecule has 1 aliphatic carbocycles. The van der Waals surface area contributed by atoms with Crippen molar-refractivity contribution in [1.82, 2.24) is 9.88 Å². The van der Waals surface area contributed by atoms with Crippen LogP contribution in [0.5, 0.6) is 5.75 Å². The van der Waals surface area contributed by atoms with E-state index < -0.39 is 0 Å². The normalized spacial score (nSPS) is 40.1. The Labute approximate surface area is 141 Å². The summed E-state index contributed by atoms with van der Waals surface area (Å²) in [6, 6.07) is 3.91. The van der Waals surface area contributed by atoms with E-state index in [4.69, 9.17) is 14.2 Å². The van der Waals surface area contributed by atoms with Gasteiger partial charge in [0.2, 0.25) is 5.91 Å². The minimum atomic E-state index is -0.113. The van der Waals surface area contributed by atoms with Crippen molar-refractivity contribution in [3.05, 3.63) is 24.5 Å². The third-order valence-corrected chi connectivity index (χ3v) is 5.92. The van der Waals surface area contributed by atoms with Crippen molar-refractivity contribution < 1.29 is 19.0 Å². The standard InChI is InChI=1S/C18H22N2O4/c21-18(16-12-9-22-10-13(12)16)20-8-15(17-14(20)4-2-6-23-17)24-11-3-1-5-19-7-11/h1,3,5,7,12-17H,2,4,6,8-10H2/t12-,13+,14-,15+,16?,17+/m1/s1. The zero-order valence-corrected chi connectivity index (χ0v) is 13.5. The summed E-state index contributed by atoms with van der Waals surface area (Å²) < 4.78 is 17.5. The molecule has 128 valence electrons. The van der Waals surface area contributed by atoms with Crippen LogP contribution in [0.25, 0.3) is 0 Å². The van der Waals surface area contributed by atoms with Crippen LogP contribution in [-0.4, -0.2) is 60.4 Å². The highest BCUT2D eigenvalue weighted by Gasteiger charge is 2.61. The van der Waals surface area contributed by atoms with Gasteiger partial charge in [-0.15, -0.1) is 0 Å². The first kappa shape index (κ1) is 14.7. The lowest BCUT2D eigenvalue weighted by Gasteiger charge is -2.32. The molecule has 6 heteroatoms. The number of rotatable bonds is 3. The molecule has 4 aliphatic rings. The second kappa shape index (κ2) is 5.70. The maximum absolute atomic E-state index is 13.0. The second-order valence-corrected chi connectivity index (χ2v) is 7.27. The summed E-state index contributed by atoms with van der Waals surface area (Å²) in [7, 11) is 0. The summed E-state index contributed by atoms with van der Waals surface area (Å²) in [5.41, 5.74) is 0. The van der Waals surface area contributed by atoms with Crippen LogP contribution in [0, 0.1) is 17.8 Å². The molecule has 3 saturated heterocycles. The number of amides is 1. The highest BCUT2D eigenvalue weighted by Crippen LogP contribution is 2.52. The number of hydrogen-bond acceptors (Lipinski definition) is 5. The zero-order chi connectivity index (χ0) is 16.1. The van der Waals surface area contributed by atoms with Crippen molar-refractivity contribution in [3.63, 3.8) is 0 Å². The number of likely N-dealkylation sites (tertiary alicyclic amines) is 1. The lowest BCUT2D eigenvalue weighted by atomic mass is 10.0. The lowest BCUT2D eigenvalue weighted by molar-refractivity contribution is -0.137. The molecule has 5 rings (SSSR count). The Morgan fingerprint density at radius 2 is 2.21 bits per heavy atom. The van der Waals surface area contributed by atoms with Crippen LogP contribution in [0.15, 0.2) is 24.5 Å². The molecular weight excluding hydrogens is 308 g/mol. The van der Waals surface area contributed by atoms with Crippen molar-refractivity contribution in [2.24, 2.45) is 17.8 Å². The zero-order valence-electron chi connectivity index (χ0n) is 13.5. The van der Waals surface area contributed by atoms with Crippen LogP contribution in [0.2, 0.25) is 0 Å². The van der Waals surface area contributed by atoms with Crippen LogP contribution >= 0.6 is 0 Å². The number of fused-ring (bicyclic) bond motifs is 2. The van der Waals surface area contributed by atoms with Crippen molar-refractivity contribution in [3.8, 4) is 5.75 Å². The van der Waals surface area contributed by atoms with Gasteiger partial charge in [0.1, 0.15) is 18.0 Å². The molecule has 0 aromatic carbocycles. The van der Waals surface area contributed by atoms with E-state index in [-0.39, 0.29) is 30.1 Å². The van der Waals surface area contributed by atoms with Gasteiger partial charge in [0.05, 0.1) is 32.0 Å². The van der Waals surface area contributed by atoms with E-state index in [0.29, 0.717) is 18.4 Å². The van der Waals surface area contributed by atoms with Gasteiger partial charge in [0.25, 0.3) is 0 Å². The summed E-state index contributed by atoms with van der Waals surface area (Å²) in [6.07, 6.45) is 5.31. The molecule has 1 unspecified atom stereocenters. The molecule has 0 spiro atoms. The molecule has 1 aromatic heterocycles. The van der Waals surface area contributed by atoms with Crippen molar-refractivity contribution >= 4 is 5.91 Å². The second-order valence-electron chi connectivity index (χ2n) is 7.27. The maximum atomic E-state index is 13.0. The maximum Gasteiger partial charge on any atom is 0.226 e. The number of pyridine rings is 1. The fourth-order valence-electron chi connectivity index (χ4n) is 4.66. The summed E-state index contributed by atoms with van der Waals surface area (Å²) in [6.45, 7) is 2.85. The van der Waals surface area contributed by atoms with E-state index in [0.717, 1.165) is 38.4 Å². The van der Waals surface area contributed by atoms with E-state index >= 15 is 0 Å². The van der Waals surface area contributed by atoms with Gasteiger partial charge < -0.3 is 19.1 Å². The smallest absolute Gasteiger partial charge is 0.226 e. The van der Waals surface area contributed by atoms with Gasteiger partial charge in [-0.2, -0.15) is 0 Å². The molecule has 4 fully saturated rings. The van der Waals surface area contributed by atoms with Gasteiger partial charge in [-0.3, -0.25) is 9.78 Å². The minimum Gasteiger partial charge on any atom is -0.484 e. The molecule has 6 atom stereocenters. The van der Waals surface area contributed by atoms with E-state index in [1.165, 1.54) is 0 Å². The van der Waals surface area contributed by atoms with Crippen molar-refractivity contribution in [2.45, 2.75) is 31.1 Å². The predicted molar refractivity (Wildman–Crippen MR) is 84.4 cm³/mol. The van der Waals surface area contributed by atoms with Crippen LogP contribution in [0.4, 0.5) is 0 Å². The molecule has 1 saturated carbocycles. The molecule has 24 heavy (non-hydrogen) atoms. The lowest BCUT2D eigenvalue weighted by Crippen LogP contribution is -2.45. The van der Waals surface area contributed by atoms with E-state index in [2.05, 4.69) is 4.98 Å². The average Bonchev–Trinajstić information content (AvgIpc) is 2.96. The Kier molecular flexibility index (Phi) is 3.49. The highest BCUT2D eigenvalue weighted by molar-refractivity contribution is 5.83. The fourth-order valence-corrected chi connectivity index (χ4v) is 4.66. The first-order valence-corrected chi connectivity index (χ1v) is 8.89. The van der Waals surface area contributed by atoms with E-state index in [9.17, 15) is 4.79 Å². The van der Waals surface area contributed by atoms with Gasteiger partial charge in [0.15, 0.2) is 0 Å². The molecule has 0 radical (unpaired) electrons. The van der Waals surface area contributed by atoms with E-state index in [1.807, 2.05) is 17.0 Å². The largest absolute Gasteiger partial charge is 0.484 e. The molecule has 0 N–H and O–H groups in total. The monoisotopic (exact) mass is 330 g/mol. The van der Waals surface area contributed by atoms with Crippen molar-refractivity contribution in [1.29, 1.82) is 0 Å². The molecule has 4 heterocycles. The molecule has 3 aliphatic heterocycles. The van der Waals surface area contributed by atoms with Gasteiger partial charge in [-0.25, -0.2) is 0 Å². The van der Waals surface area contributed by atoms with Gasteiger partial charge in [-0.05, 0) is 36.8 Å². The number of hydrogen-bond donors (Lipinski definition) is 0. The topological polar surface area (TPSA) is 60.9 Å². The van der Waals surface area contributed by atoms with Crippen LogP contribution in [0.3, 0.4) is 0 Å². The molecule has 1 amide bonds. The Balaban J connectivity index is 1.33. The van der Waals surface area contributed by atoms with E-state index in [1.54, 1.807) is 12.4 Å². The third-order valence-electron chi connectivity index (χ3n) is 5.92. The molecular formula is C18H22N2O4. The minimum absolute atomic E-state index is 0.0299. The number of nitrogens with zero attached hydrogens (tertiary/aromatic N) is 2. The Hall–Kier alpha value is -1.66. The third kappa shape index (κ3) is 2.31. The summed E-state index contributed by atoms with van der Waals surface area (Å²) in [4.78, 5) is 19.2. The Morgan fingerprint density at radius 3 is 3.00 bits per heavy atom. The fraction of sp³-hybridized carbons (Fsp3) is 0.667. The number of ether oxygens (including phenoxy) is 3. The van der Waals surface area contributed by atoms with Crippen LogP contribution in [0.1, 0.15) is 12.8 Å². The van der Waals surface area contributed by atoms with Crippen molar-refractivity contribution in [2.75, 3.05) is 26.4 Å². The summed E-state index contributed by atoms with van der Waals surface area (Å²) in [5, 5.41) is 0. The molecule has 0 bridgehead atoms. The highest BCUT2D eigenvalue weighted by atomic mass is 16.5. The Bertz CT molecular complexity index is 615. The molecule has 6 nitrogen and oxygen atoms in total. The van der Waals surface area contributed by atoms with Crippen LogP contribution in [-0.2, 0) is 14.3 Å². The first-order chi connectivity index (χ1) is 11.8. The molecule has 1 aromatic rings. The number of aromatic nitrogens is 1. The number of carbonyl (C=O) groups excluding carboxylic acids is 1. The van der Waals surface area contributed by atoms with Gasteiger partial charge >= 0.3 is 0 Å². The number of carbonyl (C=O) groups is 1. The SMILES string of the molecule is O=C(C1[C@H]2COC[C@@H]12)N1C[C@H](Oc2cccnc2)[C@H]2OCCC[C@H]21.